The lowest BCUT2D eigenvalue weighted by molar-refractivity contribution is 0.281. The Morgan fingerprint density at radius 1 is 0.958 bits per heavy atom. The molecule has 0 bridgehead atoms. The number of nitrogens with zero attached hydrogens (tertiary/aromatic N) is 2. The van der Waals surface area contributed by atoms with E-state index in [9.17, 15) is 5.11 Å². The predicted molar refractivity (Wildman–Crippen MR) is 97.4 cm³/mol. The van der Waals surface area contributed by atoms with Crippen molar-refractivity contribution in [2.45, 2.75) is 13.0 Å². The molecule has 2 aromatic carbocycles. The van der Waals surface area contributed by atoms with Crippen LogP contribution in [0.3, 0.4) is 0 Å². The maximum Gasteiger partial charge on any atom is 0.225 e. The quantitative estimate of drug-likeness (QED) is 0.646. The van der Waals surface area contributed by atoms with Crippen molar-refractivity contribution in [1.29, 1.82) is 0 Å². The van der Waals surface area contributed by atoms with Crippen LogP contribution >= 0.6 is 0 Å². The highest BCUT2D eigenvalue weighted by Crippen LogP contribution is 2.23. The smallest absolute Gasteiger partial charge is 0.225 e. The molecule has 3 N–H and O–H groups in total. The third-order valence-electron chi connectivity index (χ3n) is 3.49. The number of aliphatic hydroxyl groups is 1. The Balaban J connectivity index is 1.96. The number of para-hydroxylation sites is 1. The van der Waals surface area contributed by atoms with E-state index in [0.29, 0.717) is 11.8 Å². The van der Waals surface area contributed by atoms with Crippen LogP contribution in [0.4, 0.5) is 17.5 Å². The fourth-order valence-electron chi connectivity index (χ4n) is 2.27. The lowest BCUT2D eigenvalue weighted by Gasteiger charge is -2.14. The molecule has 5 heteroatoms. The zero-order chi connectivity index (χ0) is 16.8. The third-order valence-corrected chi connectivity index (χ3v) is 3.49. The van der Waals surface area contributed by atoms with Crippen LogP contribution in [0.25, 0.3) is 11.3 Å². The van der Waals surface area contributed by atoms with Crippen molar-refractivity contribution in [2.75, 3.05) is 17.2 Å². The summed E-state index contributed by atoms with van der Waals surface area (Å²) in [6, 6.07) is 21.6. The molecule has 0 spiro atoms. The zero-order valence-corrected chi connectivity index (χ0v) is 13.5. The van der Waals surface area contributed by atoms with Gasteiger partial charge in [-0.15, -0.1) is 0 Å². The second-order valence-electron chi connectivity index (χ2n) is 5.55. The van der Waals surface area contributed by atoms with Crippen LogP contribution in [0.15, 0.2) is 66.7 Å². The lowest BCUT2D eigenvalue weighted by Crippen LogP contribution is -2.21. The molecule has 0 amide bonds. The van der Waals surface area contributed by atoms with Crippen LogP contribution in [-0.4, -0.2) is 27.7 Å². The summed E-state index contributed by atoms with van der Waals surface area (Å²) >= 11 is 0. The maximum atomic E-state index is 9.25. The van der Waals surface area contributed by atoms with Gasteiger partial charge in [0.2, 0.25) is 5.95 Å². The molecule has 122 valence electrons. The molecule has 1 aromatic heterocycles. The molecule has 0 fully saturated rings. The van der Waals surface area contributed by atoms with Gasteiger partial charge in [0.15, 0.2) is 0 Å². The van der Waals surface area contributed by atoms with Crippen molar-refractivity contribution >= 4 is 17.5 Å². The maximum absolute atomic E-state index is 9.25. The molecule has 0 aliphatic carbocycles. The molecular formula is C19H20N4O. The van der Waals surface area contributed by atoms with Gasteiger partial charge in [0.25, 0.3) is 0 Å². The van der Waals surface area contributed by atoms with Gasteiger partial charge >= 0.3 is 0 Å². The molecule has 1 atom stereocenters. The minimum Gasteiger partial charge on any atom is -0.394 e. The van der Waals surface area contributed by atoms with Gasteiger partial charge in [-0.2, -0.15) is 4.98 Å². The van der Waals surface area contributed by atoms with Gasteiger partial charge in [-0.25, -0.2) is 4.98 Å². The van der Waals surface area contributed by atoms with E-state index in [0.717, 1.165) is 16.9 Å². The van der Waals surface area contributed by atoms with Gasteiger partial charge < -0.3 is 15.7 Å². The highest BCUT2D eigenvalue weighted by atomic mass is 16.3. The van der Waals surface area contributed by atoms with Crippen LogP contribution in [0.1, 0.15) is 6.92 Å². The Labute approximate surface area is 141 Å². The van der Waals surface area contributed by atoms with E-state index in [-0.39, 0.29) is 12.6 Å². The Morgan fingerprint density at radius 3 is 2.29 bits per heavy atom. The van der Waals surface area contributed by atoms with E-state index in [1.807, 2.05) is 73.7 Å². The van der Waals surface area contributed by atoms with E-state index in [1.165, 1.54) is 0 Å². The summed E-state index contributed by atoms with van der Waals surface area (Å²) in [6.45, 7) is 1.89. The van der Waals surface area contributed by atoms with Crippen LogP contribution in [0.5, 0.6) is 0 Å². The van der Waals surface area contributed by atoms with Gasteiger partial charge in [-0.05, 0) is 19.1 Å². The molecule has 5 nitrogen and oxygen atoms in total. The number of benzene rings is 2. The highest BCUT2D eigenvalue weighted by molar-refractivity contribution is 5.67. The molecule has 3 aromatic rings. The lowest BCUT2D eigenvalue weighted by atomic mass is 10.1. The number of hydrogen-bond acceptors (Lipinski definition) is 5. The second kappa shape index (κ2) is 7.57. The monoisotopic (exact) mass is 320 g/mol. The van der Waals surface area contributed by atoms with E-state index < -0.39 is 0 Å². The van der Waals surface area contributed by atoms with E-state index in [4.69, 9.17) is 0 Å². The molecule has 0 aliphatic rings. The summed E-state index contributed by atoms with van der Waals surface area (Å²) in [7, 11) is 0. The van der Waals surface area contributed by atoms with Crippen molar-refractivity contribution < 1.29 is 5.11 Å². The SMILES string of the molecule is C[C@H](CO)Nc1nc(Nc2ccccc2)cc(-c2ccccc2)n1. The fraction of sp³-hybridized carbons (Fsp3) is 0.158. The fourth-order valence-corrected chi connectivity index (χ4v) is 2.27. The van der Waals surface area contributed by atoms with Gasteiger partial charge in [-0.3, -0.25) is 0 Å². The molecular weight excluding hydrogens is 300 g/mol. The molecule has 0 radical (unpaired) electrons. The van der Waals surface area contributed by atoms with Crippen LogP contribution in [0.2, 0.25) is 0 Å². The van der Waals surface area contributed by atoms with E-state index >= 15 is 0 Å². The Bertz CT molecular complexity index is 778. The third kappa shape index (κ3) is 4.08. The molecule has 24 heavy (non-hydrogen) atoms. The number of hydrogen-bond donors (Lipinski definition) is 3. The van der Waals surface area contributed by atoms with Gasteiger partial charge in [0, 0.05) is 23.4 Å². The van der Waals surface area contributed by atoms with Crippen LogP contribution in [-0.2, 0) is 0 Å². The second-order valence-corrected chi connectivity index (χ2v) is 5.55. The van der Waals surface area contributed by atoms with Gasteiger partial charge in [-0.1, -0.05) is 48.5 Å². The average molecular weight is 320 g/mol. The van der Waals surface area contributed by atoms with Crippen molar-refractivity contribution in [3.63, 3.8) is 0 Å². The summed E-state index contributed by atoms with van der Waals surface area (Å²) in [4.78, 5) is 9.06. The van der Waals surface area contributed by atoms with Gasteiger partial charge in [0.1, 0.15) is 5.82 Å². The zero-order valence-electron chi connectivity index (χ0n) is 13.5. The topological polar surface area (TPSA) is 70.1 Å². The number of aliphatic hydroxyl groups excluding tert-OH is 1. The molecule has 3 rings (SSSR count). The minimum atomic E-state index is -0.124. The normalized spacial score (nSPS) is 11.8. The standard InChI is InChI=1S/C19H20N4O/c1-14(13-24)20-19-22-17(15-8-4-2-5-9-15)12-18(23-19)21-16-10-6-3-7-11-16/h2-12,14,24H,13H2,1H3,(H2,20,21,22,23)/t14-/m1/s1. The number of rotatable bonds is 6. The molecule has 0 saturated carbocycles. The van der Waals surface area contributed by atoms with Gasteiger partial charge in [0.05, 0.1) is 12.3 Å². The summed E-state index contributed by atoms with van der Waals surface area (Å²) in [5, 5.41) is 15.7. The largest absolute Gasteiger partial charge is 0.394 e. The Morgan fingerprint density at radius 2 is 1.62 bits per heavy atom. The van der Waals surface area contributed by atoms with Crippen molar-refractivity contribution in [3.8, 4) is 11.3 Å². The summed E-state index contributed by atoms with van der Waals surface area (Å²) in [6.07, 6.45) is 0. The molecule has 0 aliphatic heterocycles. The van der Waals surface area contributed by atoms with Crippen LogP contribution in [0, 0.1) is 0 Å². The first-order valence-electron chi connectivity index (χ1n) is 7.88. The molecule has 0 saturated heterocycles. The average Bonchev–Trinajstić information content (AvgIpc) is 2.63. The highest BCUT2D eigenvalue weighted by Gasteiger charge is 2.09. The van der Waals surface area contributed by atoms with Crippen LogP contribution < -0.4 is 10.6 Å². The van der Waals surface area contributed by atoms with E-state index in [1.54, 1.807) is 0 Å². The predicted octanol–water partition coefficient (Wildman–Crippen LogP) is 3.68. The molecule has 0 unspecified atom stereocenters. The number of aromatic nitrogens is 2. The minimum absolute atomic E-state index is 0.0143. The Kier molecular flexibility index (Phi) is 5.03. The van der Waals surface area contributed by atoms with Crippen molar-refractivity contribution in [2.24, 2.45) is 0 Å². The number of nitrogens with one attached hydrogen (secondary N) is 2. The summed E-state index contributed by atoms with van der Waals surface area (Å²) in [5.41, 5.74) is 2.78. The van der Waals surface area contributed by atoms with Crippen molar-refractivity contribution in [1.82, 2.24) is 9.97 Å². The van der Waals surface area contributed by atoms with Crippen molar-refractivity contribution in [3.05, 3.63) is 66.7 Å². The molecule has 1 heterocycles. The summed E-state index contributed by atoms with van der Waals surface area (Å²) < 4.78 is 0. The first-order chi connectivity index (χ1) is 11.7. The number of anilines is 3. The Hall–Kier alpha value is -2.92. The van der Waals surface area contributed by atoms with E-state index in [2.05, 4.69) is 20.6 Å². The summed E-state index contributed by atoms with van der Waals surface area (Å²) in [5.74, 6) is 1.18. The first kappa shape index (κ1) is 16.0. The first-order valence-corrected chi connectivity index (χ1v) is 7.88.